The second-order valence-electron chi connectivity index (χ2n) is 5.50. The predicted molar refractivity (Wildman–Crippen MR) is 99.4 cm³/mol. The van der Waals surface area contributed by atoms with Crippen molar-refractivity contribution in [2.45, 2.75) is 33.1 Å². The molecule has 0 aromatic heterocycles. The molecule has 0 atom stereocenters. The Balaban J connectivity index is 2.93. The molecular formula is C17H40N4O3. The van der Waals surface area contributed by atoms with Gasteiger partial charge in [0.1, 0.15) is 0 Å². The van der Waals surface area contributed by atoms with Crippen molar-refractivity contribution in [3.63, 3.8) is 0 Å². The van der Waals surface area contributed by atoms with Gasteiger partial charge in [-0.25, -0.2) is 0 Å². The molecule has 0 heterocycles. The minimum Gasteiger partial charge on any atom is -0.378 e. The molecule has 0 radical (unpaired) electrons. The number of hydrogen-bond donors (Lipinski definition) is 4. The summed E-state index contributed by atoms with van der Waals surface area (Å²) < 4.78 is 16.1. The molecule has 0 aliphatic rings. The van der Waals surface area contributed by atoms with E-state index in [0.29, 0.717) is 26.6 Å². The van der Waals surface area contributed by atoms with Gasteiger partial charge in [-0.1, -0.05) is 6.92 Å². The van der Waals surface area contributed by atoms with Crippen molar-refractivity contribution in [1.82, 2.24) is 21.3 Å². The molecule has 0 fully saturated rings. The van der Waals surface area contributed by atoms with Crippen LogP contribution >= 0.6 is 0 Å². The fourth-order valence-electron chi connectivity index (χ4n) is 1.92. The topological polar surface area (TPSA) is 75.8 Å². The van der Waals surface area contributed by atoms with Crippen molar-refractivity contribution in [3.8, 4) is 0 Å². The maximum atomic E-state index is 5.51. The number of ether oxygens (including phenoxy) is 3. The zero-order valence-electron chi connectivity index (χ0n) is 15.8. The normalized spacial score (nSPS) is 11.2. The Morgan fingerprint density at radius 1 is 0.583 bits per heavy atom. The Hall–Kier alpha value is -0.280. The molecule has 7 heteroatoms. The average Bonchev–Trinajstić information content (AvgIpc) is 2.60. The number of unbranched alkanes of at least 4 members (excludes halogenated alkanes) is 1. The minimum absolute atomic E-state index is 0.591. The van der Waals surface area contributed by atoms with Gasteiger partial charge < -0.3 is 30.2 Å². The fraction of sp³-hybridized carbons (Fsp3) is 1.00. The molecule has 0 amide bonds. The highest BCUT2D eigenvalue weighted by Crippen LogP contribution is 1.84. The van der Waals surface area contributed by atoms with E-state index in [1.807, 2.05) is 6.92 Å². The summed E-state index contributed by atoms with van der Waals surface area (Å²) in [5.74, 6) is 0. The van der Waals surface area contributed by atoms with E-state index >= 15 is 0 Å². The average molecular weight is 349 g/mol. The summed E-state index contributed by atoms with van der Waals surface area (Å²) in [7, 11) is 0. The Kier molecular flexibility index (Phi) is 22.5. The van der Waals surface area contributed by atoms with Crippen LogP contribution in [0, 0.1) is 0 Å². The standard InChI is InChI=1S/C17H40N4O3/c1-3-7-19-16-20-9-6-5-8-18-10-12-23-14-15-24-13-11-21-17-22-4-2/h18-21H,3-17H2,1-2H3. The van der Waals surface area contributed by atoms with Crippen LogP contribution in [0.2, 0.25) is 0 Å². The molecule has 7 nitrogen and oxygen atoms in total. The summed E-state index contributed by atoms with van der Waals surface area (Å²) in [6.07, 6.45) is 3.58. The maximum absolute atomic E-state index is 5.51. The van der Waals surface area contributed by atoms with Crippen LogP contribution in [-0.4, -0.2) is 79.2 Å². The number of nitrogens with one attached hydrogen (secondary N) is 4. The zero-order valence-corrected chi connectivity index (χ0v) is 15.8. The van der Waals surface area contributed by atoms with E-state index in [0.717, 1.165) is 52.6 Å². The van der Waals surface area contributed by atoms with Gasteiger partial charge in [-0.3, -0.25) is 5.32 Å². The first-order valence-corrected chi connectivity index (χ1v) is 9.47. The molecule has 0 saturated heterocycles. The van der Waals surface area contributed by atoms with Gasteiger partial charge in [-0.15, -0.1) is 0 Å². The van der Waals surface area contributed by atoms with E-state index < -0.39 is 0 Å². The molecule has 0 aromatic carbocycles. The minimum atomic E-state index is 0.591. The third kappa shape index (κ3) is 21.7. The van der Waals surface area contributed by atoms with Gasteiger partial charge in [-0.2, -0.15) is 0 Å². The summed E-state index contributed by atoms with van der Waals surface area (Å²) in [5.41, 5.74) is 0. The van der Waals surface area contributed by atoms with E-state index in [2.05, 4.69) is 28.2 Å². The molecule has 24 heavy (non-hydrogen) atoms. The summed E-state index contributed by atoms with van der Waals surface area (Å²) in [6, 6.07) is 0. The second-order valence-corrected chi connectivity index (χ2v) is 5.50. The summed E-state index contributed by atoms with van der Waals surface area (Å²) in [4.78, 5) is 0. The highest BCUT2D eigenvalue weighted by molar-refractivity contribution is 4.51. The Morgan fingerprint density at radius 3 is 1.88 bits per heavy atom. The SMILES string of the molecule is CCCNCNCCCCNCCOCCOCCNCOCC. The van der Waals surface area contributed by atoms with Crippen LogP contribution in [0.15, 0.2) is 0 Å². The quantitative estimate of drug-likeness (QED) is 0.178. The lowest BCUT2D eigenvalue weighted by Crippen LogP contribution is -2.30. The number of rotatable bonds is 21. The Morgan fingerprint density at radius 2 is 1.21 bits per heavy atom. The molecular weight excluding hydrogens is 308 g/mol. The molecule has 0 spiro atoms. The van der Waals surface area contributed by atoms with E-state index in [1.165, 1.54) is 19.3 Å². The van der Waals surface area contributed by atoms with Crippen LogP contribution in [0.25, 0.3) is 0 Å². The molecule has 0 aromatic rings. The van der Waals surface area contributed by atoms with Crippen molar-refractivity contribution in [2.24, 2.45) is 0 Å². The van der Waals surface area contributed by atoms with Crippen LogP contribution in [-0.2, 0) is 14.2 Å². The Labute approximate surface area is 148 Å². The van der Waals surface area contributed by atoms with Crippen molar-refractivity contribution >= 4 is 0 Å². The molecule has 0 bridgehead atoms. The molecule has 0 saturated carbocycles. The van der Waals surface area contributed by atoms with Crippen LogP contribution in [0.4, 0.5) is 0 Å². The largest absolute Gasteiger partial charge is 0.378 e. The first kappa shape index (κ1) is 23.7. The van der Waals surface area contributed by atoms with E-state index in [-0.39, 0.29) is 0 Å². The third-order valence-corrected chi connectivity index (χ3v) is 3.26. The zero-order chi connectivity index (χ0) is 17.6. The van der Waals surface area contributed by atoms with Crippen molar-refractivity contribution in [2.75, 3.05) is 79.2 Å². The summed E-state index contributed by atoms with van der Waals surface area (Å²) in [5, 5.41) is 13.2. The molecule has 0 unspecified atom stereocenters. The van der Waals surface area contributed by atoms with Crippen molar-refractivity contribution in [1.29, 1.82) is 0 Å². The van der Waals surface area contributed by atoms with E-state index in [1.54, 1.807) is 0 Å². The maximum Gasteiger partial charge on any atom is 0.0965 e. The van der Waals surface area contributed by atoms with Gasteiger partial charge in [0.25, 0.3) is 0 Å². The van der Waals surface area contributed by atoms with Crippen LogP contribution in [0.1, 0.15) is 33.1 Å². The smallest absolute Gasteiger partial charge is 0.0965 e. The summed E-state index contributed by atoms with van der Waals surface area (Å²) in [6.45, 7) is 14.1. The number of hydrogen-bond acceptors (Lipinski definition) is 7. The lowest BCUT2D eigenvalue weighted by atomic mass is 10.3. The van der Waals surface area contributed by atoms with Crippen LogP contribution < -0.4 is 21.3 Å². The second kappa shape index (κ2) is 22.7. The first-order valence-electron chi connectivity index (χ1n) is 9.47. The molecule has 146 valence electrons. The third-order valence-electron chi connectivity index (χ3n) is 3.26. The van der Waals surface area contributed by atoms with Gasteiger partial charge in [0, 0.05) is 26.4 Å². The Bertz CT molecular complexity index is 202. The lowest BCUT2D eigenvalue weighted by molar-refractivity contribution is 0.0458. The van der Waals surface area contributed by atoms with Crippen molar-refractivity contribution in [3.05, 3.63) is 0 Å². The molecule has 0 aliphatic carbocycles. The van der Waals surface area contributed by atoms with Gasteiger partial charge in [-0.05, 0) is 45.8 Å². The fourth-order valence-corrected chi connectivity index (χ4v) is 1.92. The highest BCUT2D eigenvalue weighted by atomic mass is 16.5. The van der Waals surface area contributed by atoms with Crippen LogP contribution in [0.5, 0.6) is 0 Å². The van der Waals surface area contributed by atoms with Gasteiger partial charge >= 0.3 is 0 Å². The lowest BCUT2D eigenvalue weighted by Gasteiger charge is -2.08. The summed E-state index contributed by atoms with van der Waals surface area (Å²) >= 11 is 0. The highest BCUT2D eigenvalue weighted by Gasteiger charge is 1.92. The van der Waals surface area contributed by atoms with Gasteiger partial charge in [0.05, 0.1) is 33.2 Å². The monoisotopic (exact) mass is 348 g/mol. The molecule has 0 rings (SSSR count). The van der Waals surface area contributed by atoms with Crippen LogP contribution in [0.3, 0.4) is 0 Å². The van der Waals surface area contributed by atoms with E-state index in [4.69, 9.17) is 14.2 Å². The molecule has 0 aliphatic heterocycles. The van der Waals surface area contributed by atoms with Gasteiger partial charge in [0.2, 0.25) is 0 Å². The van der Waals surface area contributed by atoms with E-state index in [9.17, 15) is 0 Å². The molecule has 4 N–H and O–H groups in total. The first-order chi connectivity index (χ1) is 11.9. The van der Waals surface area contributed by atoms with Crippen molar-refractivity contribution < 1.29 is 14.2 Å². The predicted octanol–water partition coefficient (Wildman–Crippen LogP) is 0.520. The van der Waals surface area contributed by atoms with Gasteiger partial charge in [0.15, 0.2) is 0 Å².